The van der Waals surface area contributed by atoms with Gasteiger partial charge in [0.2, 0.25) is 0 Å². The lowest BCUT2D eigenvalue weighted by Gasteiger charge is -2.08. The molecule has 0 unspecified atom stereocenters. The molecule has 7 nitrogen and oxygen atoms in total. The van der Waals surface area contributed by atoms with Crippen molar-refractivity contribution in [2.24, 2.45) is 0 Å². The van der Waals surface area contributed by atoms with E-state index in [0.717, 1.165) is 24.1 Å². The molecule has 2 heterocycles. The second kappa shape index (κ2) is 10.2. The molecule has 166 valence electrons. The van der Waals surface area contributed by atoms with Crippen molar-refractivity contribution in [3.8, 4) is 11.6 Å². The lowest BCUT2D eigenvalue weighted by molar-refractivity contribution is -0.192. The highest BCUT2D eigenvalue weighted by atomic mass is 19.4. The zero-order valence-electron chi connectivity index (χ0n) is 16.4. The number of aliphatic carboxylic acids is 1. The predicted octanol–water partition coefficient (Wildman–Crippen LogP) is 4.17. The Balaban J connectivity index is 0.000000339. The number of carboxylic acid groups (broad SMARTS) is 1. The van der Waals surface area contributed by atoms with Gasteiger partial charge in [-0.1, -0.05) is 30.3 Å². The molecule has 0 aliphatic carbocycles. The zero-order chi connectivity index (χ0) is 22.3. The fraction of sp³-hybridized carbons (Fsp3) is 0.333. The van der Waals surface area contributed by atoms with E-state index in [2.05, 4.69) is 22.6 Å². The van der Waals surface area contributed by atoms with Crippen molar-refractivity contribution in [3.63, 3.8) is 0 Å². The highest BCUT2D eigenvalue weighted by molar-refractivity contribution is 5.83. The van der Waals surface area contributed by atoms with Crippen LogP contribution in [0.3, 0.4) is 0 Å². The molecule has 0 amide bonds. The fourth-order valence-electron chi connectivity index (χ4n) is 2.93. The van der Waals surface area contributed by atoms with E-state index in [1.807, 2.05) is 30.3 Å². The summed E-state index contributed by atoms with van der Waals surface area (Å²) >= 11 is 0. The van der Waals surface area contributed by atoms with Crippen molar-refractivity contribution in [2.75, 3.05) is 13.2 Å². The molecule has 4 rings (SSSR count). The van der Waals surface area contributed by atoms with E-state index < -0.39 is 12.1 Å². The average molecular weight is 438 g/mol. The summed E-state index contributed by atoms with van der Waals surface area (Å²) < 4.78 is 48.5. The van der Waals surface area contributed by atoms with Gasteiger partial charge in [-0.25, -0.2) is 4.79 Å². The summed E-state index contributed by atoms with van der Waals surface area (Å²) in [7, 11) is 0. The van der Waals surface area contributed by atoms with Gasteiger partial charge in [0.05, 0.1) is 0 Å². The highest BCUT2D eigenvalue weighted by Crippen LogP contribution is 2.22. The number of carboxylic acids is 1. The monoisotopic (exact) mass is 438 g/mol. The number of aromatic nitrogens is 1. The Labute approximate surface area is 175 Å². The molecule has 0 spiro atoms. The smallest absolute Gasteiger partial charge is 0.486 e. The van der Waals surface area contributed by atoms with E-state index in [9.17, 15) is 13.2 Å². The van der Waals surface area contributed by atoms with E-state index in [-0.39, 0.29) is 0 Å². The van der Waals surface area contributed by atoms with Crippen LogP contribution in [0.1, 0.15) is 18.6 Å². The van der Waals surface area contributed by atoms with Gasteiger partial charge in [0.1, 0.15) is 19.0 Å². The van der Waals surface area contributed by atoms with Gasteiger partial charge >= 0.3 is 12.1 Å². The molecule has 0 radical (unpaired) electrons. The summed E-state index contributed by atoms with van der Waals surface area (Å²) in [5.74, 6) is -0.784. The maximum atomic E-state index is 10.6. The highest BCUT2D eigenvalue weighted by Gasteiger charge is 2.38. The molecule has 1 fully saturated rings. The summed E-state index contributed by atoms with van der Waals surface area (Å²) in [6.45, 7) is 2.02. The van der Waals surface area contributed by atoms with E-state index in [1.165, 1.54) is 11.8 Å². The molecule has 10 heteroatoms. The van der Waals surface area contributed by atoms with Crippen molar-refractivity contribution < 1.29 is 37.1 Å². The van der Waals surface area contributed by atoms with Gasteiger partial charge in [-0.05, 0) is 47.4 Å². The first-order valence-electron chi connectivity index (χ1n) is 9.55. The van der Waals surface area contributed by atoms with Crippen molar-refractivity contribution >= 4 is 16.7 Å². The van der Waals surface area contributed by atoms with Gasteiger partial charge < -0.3 is 24.4 Å². The fourth-order valence-corrected chi connectivity index (χ4v) is 2.93. The Morgan fingerprint density at radius 3 is 2.58 bits per heavy atom. The van der Waals surface area contributed by atoms with E-state index in [1.54, 1.807) is 6.07 Å². The predicted molar refractivity (Wildman–Crippen MR) is 105 cm³/mol. The number of nitrogens with zero attached hydrogens (tertiary/aromatic N) is 1. The number of hydrogen-bond acceptors (Lipinski definition) is 6. The molecule has 1 aliphatic heterocycles. The largest absolute Gasteiger partial charge is 0.490 e. The summed E-state index contributed by atoms with van der Waals surface area (Å²) in [6, 6.07) is 16.4. The Morgan fingerprint density at radius 1 is 1.16 bits per heavy atom. The summed E-state index contributed by atoms with van der Waals surface area (Å²) in [6.07, 6.45) is -2.73. The van der Waals surface area contributed by atoms with E-state index in [4.69, 9.17) is 23.9 Å². The van der Waals surface area contributed by atoms with Crippen LogP contribution in [-0.2, 0) is 11.4 Å². The van der Waals surface area contributed by atoms with Crippen LogP contribution < -0.4 is 14.8 Å². The minimum atomic E-state index is -5.08. The first-order valence-corrected chi connectivity index (χ1v) is 9.55. The second-order valence-corrected chi connectivity index (χ2v) is 6.84. The van der Waals surface area contributed by atoms with Crippen molar-refractivity contribution in [2.45, 2.75) is 31.7 Å². The number of fused-ring (bicyclic) bond motifs is 1. The molecule has 2 aromatic carbocycles. The van der Waals surface area contributed by atoms with Crippen LogP contribution in [0.25, 0.3) is 10.8 Å². The summed E-state index contributed by atoms with van der Waals surface area (Å²) in [5, 5.41) is 16.8. The average Bonchev–Trinajstić information content (AvgIpc) is 3.42. The number of alkyl halides is 3. The molecule has 1 aromatic heterocycles. The standard InChI is InChI=1S/C19H20N2O3.C2HF3O2/c1-2-5-15-10-17(8-7-14(15)4-1)22-13-18-11-19(21-24-18)23-12-16-6-3-9-20-16;3-2(4,5)1(6)7/h1-2,4-5,7-8,10-11,16,20H,3,6,9,12-13H2;(H,6,7)/t16-;/m0./s1. The molecule has 0 saturated carbocycles. The molecule has 3 aromatic rings. The Hall–Kier alpha value is -3.27. The molecular formula is C21H21F3N2O5. The first kappa shape index (κ1) is 22.4. The Morgan fingerprint density at radius 2 is 1.90 bits per heavy atom. The molecule has 1 saturated heterocycles. The lowest BCUT2D eigenvalue weighted by Crippen LogP contribution is -2.28. The van der Waals surface area contributed by atoms with Gasteiger partial charge in [-0.15, -0.1) is 0 Å². The SMILES string of the molecule is O=C(O)C(F)(F)F.c1ccc2cc(OCc3cc(OC[C@@H]4CCCN4)no3)ccc2c1. The van der Waals surface area contributed by atoms with Crippen LogP contribution in [0.5, 0.6) is 11.6 Å². The van der Waals surface area contributed by atoms with Crippen LogP contribution in [-0.4, -0.2) is 41.6 Å². The summed E-state index contributed by atoms with van der Waals surface area (Å²) in [5.41, 5.74) is 0. The number of carbonyl (C=O) groups is 1. The second-order valence-electron chi connectivity index (χ2n) is 6.84. The summed E-state index contributed by atoms with van der Waals surface area (Å²) in [4.78, 5) is 8.90. The maximum Gasteiger partial charge on any atom is 0.490 e. The molecule has 0 bridgehead atoms. The Kier molecular flexibility index (Phi) is 7.35. The van der Waals surface area contributed by atoms with Gasteiger partial charge in [0.15, 0.2) is 5.76 Å². The number of halogens is 3. The molecule has 2 N–H and O–H groups in total. The quantitative estimate of drug-likeness (QED) is 0.597. The van der Waals surface area contributed by atoms with Crippen molar-refractivity contribution in [1.29, 1.82) is 0 Å². The van der Waals surface area contributed by atoms with Crippen LogP contribution >= 0.6 is 0 Å². The molecular weight excluding hydrogens is 417 g/mol. The van der Waals surface area contributed by atoms with Gasteiger partial charge in [-0.2, -0.15) is 13.2 Å². The minimum absolute atomic E-state index is 0.330. The van der Waals surface area contributed by atoms with Crippen LogP contribution in [0.2, 0.25) is 0 Å². The van der Waals surface area contributed by atoms with Gasteiger partial charge in [0, 0.05) is 12.1 Å². The first-order chi connectivity index (χ1) is 14.8. The minimum Gasteiger partial charge on any atom is -0.486 e. The number of hydrogen-bond donors (Lipinski definition) is 2. The van der Waals surface area contributed by atoms with E-state index >= 15 is 0 Å². The molecule has 1 atom stereocenters. The van der Waals surface area contributed by atoms with Crippen molar-refractivity contribution in [1.82, 2.24) is 10.5 Å². The van der Waals surface area contributed by atoms with Crippen LogP contribution in [0.4, 0.5) is 13.2 Å². The maximum absolute atomic E-state index is 10.6. The van der Waals surface area contributed by atoms with Gasteiger partial charge in [-0.3, -0.25) is 0 Å². The van der Waals surface area contributed by atoms with Crippen LogP contribution in [0.15, 0.2) is 53.1 Å². The molecule has 31 heavy (non-hydrogen) atoms. The van der Waals surface area contributed by atoms with E-state index in [0.29, 0.717) is 30.9 Å². The topological polar surface area (TPSA) is 93.8 Å². The third kappa shape index (κ3) is 6.88. The molecule has 1 aliphatic rings. The number of ether oxygens (including phenoxy) is 2. The lowest BCUT2D eigenvalue weighted by atomic mass is 10.1. The number of rotatable bonds is 6. The Bertz CT molecular complexity index is 1000. The number of benzene rings is 2. The van der Waals surface area contributed by atoms with Crippen molar-refractivity contribution in [3.05, 3.63) is 54.3 Å². The third-order valence-corrected chi connectivity index (χ3v) is 4.48. The van der Waals surface area contributed by atoms with Gasteiger partial charge in [0.25, 0.3) is 5.88 Å². The third-order valence-electron chi connectivity index (χ3n) is 4.48. The zero-order valence-corrected chi connectivity index (χ0v) is 16.4. The van der Waals surface area contributed by atoms with Crippen LogP contribution in [0, 0.1) is 0 Å². The normalized spacial score (nSPS) is 15.9. The number of nitrogens with one attached hydrogen (secondary N) is 1.